The van der Waals surface area contributed by atoms with E-state index in [-0.39, 0.29) is 5.91 Å². The van der Waals surface area contributed by atoms with Gasteiger partial charge in [-0.3, -0.25) is 4.79 Å². The van der Waals surface area contributed by atoms with Gasteiger partial charge in [-0.25, -0.2) is 4.79 Å². The van der Waals surface area contributed by atoms with Crippen LogP contribution in [-0.4, -0.2) is 55.2 Å². The number of benzene rings is 1. The monoisotopic (exact) mass is 321 g/mol. The summed E-state index contributed by atoms with van der Waals surface area (Å²) < 4.78 is 0. The molecule has 1 aromatic carbocycles. The number of hydrogen-bond acceptors (Lipinski definition) is 3. The van der Waals surface area contributed by atoms with Crippen LogP contribution in [0.2, 0.25) is 0 Å². The van der Waals surface area contributed by atoms with E-state index in [0.717, 1.165) is 5.56 Å². The zero-order chi connectivity index (χ0) is 17.1. The highest BCUT2D eigenvalue weighted by Crippen LogP contribution is 2.05. The summed E-state index contributed by atoms with van der Waals surface area (Å²) in [6.45, 7) is 2.50. The van der Waals surface area contributed by atoms with Crippen LogP contribution in [0, 0.1) is 0 Å². The number of likely N-dealkylation sites (N-methyl/N-ethyl adjacent to an activating group) is 1. The second-order valence-electron chi connectivity index (χ2n) is 5.74. The van der Waals surface area contributed by atoms with Gasteiger partial charge in [0.25, 0.3) is 0 Å². The van der Waals surface area contributed by atoms with E-state index in [0.29, 0.717) is 6.42 Å². The number of rotatable bonds is 4. The molecule has 0 spiro atoms. The first-order valence-electron chi connectivity index (χ1n) is 7.96. The van der Waals surface area contributed by atoms with Crippen molar-refractivity contribution >= 4 is 12.0 Å². The predicted molar refractivity (Wildman–Crippen MR) is 90.5 cm³/mol. The number of nitrogens with one attached hydrogen (secondary N) is 2. The number of carboxylic acid groups (broad SMARTS) is 1. The zero-order valence-corrected chi connectivity index (χ0v) is 13.9. The summed E-state index contributed by atoms with van der Waals surface area (Å²) in [5.41, 5.74) is 0.918. The van der Waals surface area contributed by atoms with Crippen molar-refractivity contribution in [1.82, 2.24) is 15.5 Å². The van der Waals surface area contributed by atoms with Gasteiger partial charge in [0.1, 0.15) is 6.04 Å². The summed E-state index contributed by atoms with van der Waals surface area (Å²) in [5.74, 6) is -0.253. The van der Waals surface area contributed by atoms with Gasteiger partial charge in [-0.2, -0.15) is 0 Å². The standard InChI is InChI=1S/C12H16N2O3.C5H11N/c1-14(2)11(15)10(13-12(16)17)8-9-6-4-3-5-7-9;1-2-4-6-5-3-1/h3-7,10,13H,8H2,1-2H3,(H,16,17);6H,1-5H2/t10-;/m0./s1. The van der Waals surface area contributed by atoms with E-state index >= 15 is 0 Å². The van der Waals surface area contributed by atoms with Crippen LogP contribution in [0.5, 0.6) is 0 Å². The zero-order valence-electron chi connectivity index (χ0n) is 13.9. The quantitative estimate of drug-likeness (QED) is 0.788. The minimum Gasteiger partial charge on any atom is -0.465 e. The van der Waals surface area contributed by atoms with Gasteiger partial charge in [0, 0.05) is 20.5 Å². The summed E-state index contributed by atoms with van der Waals surface area (Å²) in [5, 5.41) is 14.2. The molecule has 3 N–H and O–H groups in total. The predicted octanol–water partition coefficient (Wildman–Crippen LogP) is 1.71. The van der Waals surface area contributed by atoms with Crippen molar-refractivity contribution in [2.45, 2.75) is 31.7 Å². The Kier molecular flexibility index (Phi) is 8.75. The molecule has 1 aromatic rings. The van der Waals surface area contributed by atoms with Gasteiger partial charge in [0.15, 0.2) is 0 Å². The summed E-state index contributed by atoms with van der Waals surface area (Å²) in [6, 6.07) is 8.56. The number of hydrogen-bond donors (Lipinski definition) is 3. The number of amides is 2. The fourth-order valence-electron chi connectivity index (χ4n) is 2.31. The van der Waals surface area contributed by atoms with Crippen molar-refractivity contribution < 1.29 is 14.7 Å². The van der Waals surface area contributed by atoms with E-state index in [4.69, 9.17) is 5.11 Å². The normalized spacial score (nSPS) is 14.9. The fraction of sp³-hybridized carbons (Fsp3) is 0.529. The van der Waals surface area contributed by atoms with Crippen LogP contribution < -0.4 is 10.6 Å². The number of carbonyl (C=O) groups excluding carboxylic acids is 1. The minimum atomic E-state index is -1.19. The molecular formula is C17H27N3O3. The van der Waals surface area contributed by atoms with Gasteiger partial charge in [-0.1, -0.05) is 36.8 Å². The van der Waals surface area contributed by atoms with E-state index < -0.39 is 12.1 Å². The number of carbonyl (C=O) groups is 2. The third kappa shape index (κ3) is 8.21. The summed E-state index contributed by atoms with van der Waals surface area (Å²) in [4.78, 5) is 23.8. The van der Waals surface area contributed by atoms with Crippen molar-refractivity contribution in [2.24, 2.45) is 0 Å². The van der Waals surface area contributed by atoms with E-state index in [1.54, 1.807) is 14.1 Å². The average molecular weight is 321 g/mol. The largest absolute Gasteiger partial charge is 0.465 e. The maximum Gasteiger partial charge on any atom is 0.405 e. The molecule has 1 aliphatic heterocycles. The highest BCUT2D eigenvalue weighted by Gasteiger charge is 2.22. The molecule has 0 radical (unpaired) electrons. The molecule has 0 aromatic heterocycles. The molecule has 1 saturated heterocycles. The molecule has 128 valence electrons. The van der Waals surface area contributed by atoms with Crippen molar-refractivity contribution in [3.8, 4) is 0 Å². The first-order chi connectivity index (χ1) is 11.0. The lowest BCUT2D eigenvalue weighted by Gasteiger charge is -2.20. The Morgan fingerprint density at radius 2 is 1.78 bits per heavy atom. The molecule has 2 amide bonds. The van der Waals surface area contributed by atoms with E-state index in [2.05, 4.69) is 10.6 Å². The maximum absolute atomic E-state index is 11.8. The van der Waals surface area contributed by atoms with E-state index in [1.807, 2.05) is 30.3 Å². The van der Waals surface area contributed by atoms with Crippen LogP contribution in [0.1, 0.15) is 24.8 Å². The molecule has 2 rings (SSSR count). The Balaban J connectivity index is 0.000000366. The Labute approximate surface area is 137 Å². The summed E-state index contributed by atoms with van der Waals surface area (Å²) in [6.07, 6.45) is 3.37. The molecule has 0 unspecified atom stereocenters. The topological polar surface area (TPSA) is 81.7 Å². The van der Waals surface area contributed by atoms with Crippen LogP contribution in [0.15, 0.2) is 30.3 Å². The van der Waals surface area contributed by atoms with Crippen LogP contribution in [-0.2, 0) is 11.2 Å². The highest BCUT2D eigenvalue weighted by atomic mass is 16.4. The first kappa shape index (κ1) is 19.0. The number of nitrogens with zero attached hydrogens (tertiary/aromatic N) is 1. The molecular weight excluding hydrogens is 294 g/mol. The van der Waals surface area contributed by atoms with Gasteiger partial charge in [0.2, 0.25) is 5.91 Å². The molecule has 0 saturated carbocycles. The lowest BCUT2D eigenvalue weighted by Crippen LogP contribution is -2.47. The van der Waals surface area contributed by atoms with Gasteiger partial charge in [0.05, 0.1) is 0 Å². The van der Waals surface area contributed by atoms with Gasteiger partial charge in [-0.15, -0.1) is 0 Å². The molecule has 1 fully saturated rings. The lowest BCUT2D eigenvalue weighted by molar-refractivity contribution is -0.130. The van der Waals surface area contributed by atoms with Gasteiger partial charge >= 0.3 is 6.09 Å². The second-order valence-corrected chi connectivity index (χ2v) is 5.74. The fourth-order valence-corrected chi connectivity index (χ4v) is 2.31. The van der Waals surface area contributed by atoms with Gasteiger partial charge in [-0.05, 0) is 31.5 Å². The maximum atomic E-state index is 11.8. The molecule has 1 aliphatic rings. The van der Waals surface area contributed by atoms with Gasteiger partial charge < -0.3 is 20.6 Å². The van der Waals surface area contributed by atoms with E-state index in [9.17, 15) is 9.59 Å². The Morgan fingerprint density at radius 1 is 1.17 bits per heavy atom. The van der Waals surface area contributed by atoms with Crippen molar-refractivity contribution in [2.75, 3.05) is 27.2 Å². The SMILES string of the molecule is C1CCNCC1.CN(C)C(=O)[C@H](Cc1ccccc1)NC(=O)O. The Hall–Kier alpha value is -2.08. The van der Waals surface area contributed by atoms with Crippen LogP contribution >= 0.6 is 0 Å². The number of piperidine rings is 1. The van der Waals surface area contributed by atoms with Crippen molar-refractivity contribution in [3.05, 3.63) is 35.9 Å². The third-order valence-electron chi connectivity index (χ3n) is 3.53. The van der Waals surface area contributed by atoms with E-state index in [1.165, 1.54) is 37.3 Å². The van der Waals surface area contributed by atoms with Crippen LogP contribution in [0.3, 0.4) is 0 Å². The van der Waals surface area contributed by atoms with Crippen LogP contribution in [0.25, 0.3) is 0 Å². The lowest BCUT2D eigenvalue weighted by atomic mass is 10.1. The van der Waals surface area contributed by atoms with Crippen molar-refractivity contribution in [3.63, 3.8) is 0 Å². The molecule has 6 nitrogen and oxygen atoms in total. The van der Waals surface area contributed by atoms with Crippen LogP contribution in [0.4, 0.5) is 4.79 Å². The molecule has 6 heteroatoms. The highest BCUT2D eigenvalue weighted by molar-refractivity contribution is 5.85. The molecule has 0 aliphatic carbocycles. The smallest absolute Gasteiger partial charge is 0.405 e. The summed E-state index contributed by atoms with van der Waals surface area (Å²) in [7, 11) is 3.20. The summed E-state index contributed by atoms with van der Waals surface area (Å²) >= 11 is 0. The molecule has 1 atom stereocenters. The molecule has 1 heterocycles. The third-order valence-corrected chi connectivity index (χ3v) is 3.53. The molecule has 23 heavy (non-hydrogen) atoms. The average Bonchev–Trinajstić information content (AvgIpc) is 2.56. The Bertz CT molecular complexity index is 462. The Morgan fingerprint density at radius 3 is 2.17 bits per heavy atom. The minimum absolute atomic E-state index is 0.253. The molecule has 0 bridgehead atoms. The first-order valence-corrected chi connectivity index (χ1v) is 7.96. The van der Waals surface area contributed by atoms with Crippen molar-refractivity contribution in [1.29, 1.82) is 0 Å². The second kappa shape index (κ2) is 10.6.